The molecule has 0 bridgehead atoms. The van der Waals surface area contributed by atoms with Crippen LogP contribution in [0.15, 0.2) is 0 Å². The third-order valence-corrected chi connectivity index (χ3v) is 2.58. The highest BCUT2D eigenvalue weighted by atomic mass is 16.5. The normalized spacial score (nSPS) is 19.9. The van der Waals surface area contributed by atoms with Crippen LogP contribution in [0.5, 0.6) is 0 Å². The third-order valence-electron chi connectivity index (χ3n) is 2.58. The van der Waals surface area contributed by atoms with Gasteiger partial charge in [-0.1, -0.05) is 0 Å². The fourth-order valence-electron chi connectivity index (χ4n) is 1.74. The molecule has 1 unspecified atom stereocenters. The second-order valence-electron chi connectivity index (χ2n) is 3.92. The molecule has 2 rings (SSSR count). The molecule has 0 aliphatic carbocycles. The highest BCUT2D eigenvalue weighted by Crippen LogP contribution is 2.14. The van der Waals surface area contributed by atoms with Crippen molar-refractivity contribution in [2.75, 3.05) is 13.2 Å². The van der Waals surface area contributed by atoms with Gasteiger partial charge >= 0.3 is 0 Å². The number of ether oxygens (including phenoxy) is 1. The molecule has 2 heterocycles. The zero-order chi connectivity index (χ0) is 11.4. The number of carbonyl (C=O) groups excluding carboxylic acids is 1. The number of nitrogens with zero attached hydrogens (tertiary/aromatic N) is 2. The summed E-state index contributed by atoms with van der Waals surface area (Å²) in [4.78, 5) is 15.5. The second kappa shape index (κ2) is 5.07. The van der Waals surface area contributed by atoms with Gasteiger partial charge < -0.3 is 10.1 Å². The highest BCUT2D eigenvalue weighted by molar-refractivity contribution is 5.90. The number of aromatic amines is 1. The van der Waals surface area contributed by atoms with Gasteiger partial charge in [-0.15, -0.1) is 5.10 Å². The van der Waals surface area contributed by atoms with Crippen molar-refractivity contribution in [1.29, 1.82) is 0 Å². The Morgan fingerprint density at radius 1 is 1.69 bits per heavy atom. The van der Waals surface area contributed by atoms with Gasteiger partial charge in [-0.3, -0.25) is 9.89 Å². The van der Waals surface area contributed by atoms with Crippen LogP contribution in [0.3, 0.4) is 0 Å². The van der Waals surface area contributed by atoms with Crippen molar-refractivity contribution < 1.29 is 9.53 Å². The first-order chi connectivity index (χ1) is 7.75. The molecule has 1 atom stereocenters. The fourth-order valence-corrected chi connectivity index (χ4v) is 1.74. The zero-order valence-electron chi connectivity index (χ0n) is 9.32. The summed E-state index contributed by atoms with van der Waals surface area (Å²) in [6, 6.07) is 0. The first-order valence-corrected chi connectivity index (χ1v) is 5.54. The monoisotopic (exact) mass is 224 g/mol. The van der Waals surface area contributed by atoms with Crippen molar-refractivity contribution >= 4 is 5.91 Å². The van der Waals surface area contributed by atoms with E-state index in [1.165, 1.54) is 0 Å². The van der Waals surface area contributed by atoms with E-state index in [2.05, 4.69) is 20.5 Å². The Morgan fingerprint density at radius 3 is 3.19 bits per heavy atom. The van der Waals surface area contributed by atoms with Crippen LogP contribution in [0.1, 0.15) is 35.7 Å². The quantitative estimate of drug-likeness (QED) is 0.776. The van der Waals surface area contributed by atoms with Gasteiger partial charge in [0.1, 0.15) is 5.82 Å². The Bertz CT molecular complexity index is 357. The van der Waals surface area contributed by atoms with Crippen molar-refractivity contribution in [3.05, 3.63) is 11.6 Å². The minimum Gasteiger partial charge on any atom is -0.378 e. The van der Waals surface area contributed by atoms with Crippen LogP contribution in [0.4, 0.5) is 0 Å². The summed E-state index contributed by atoms with van der Waals surface area (Å²) in [6.45, 7) is 3.21. The van der Waals surface area contributed by atoms with E-state index in [0.717, 1.165) is 25.9 Å². The molecule has 2 N–H and O–H groups in total. The summed E-state index contributed by atoms with van der Waals surface area (Å²) < 4.78 is 5.46. The maximum atomic E-state index is 11.5. The van der Waals surface area contributed by atoms with Crippen molar-refractivity contribution in [2.24, 2.45) is 0 Å². The fraction of sp³-hybridized carbons (Fsp3) is 0.700. The SMILES string of the molecule is Cc1nc(C(=O)NCCC2CCCO2)n[nH]1. The summed E-state index contributed by atoms with van der Waals surface area (Å²) in [5.74, 6) is 0.608. The summed E-state index contributed by atoms with van der Waals surface area (Å²) >= 11 is 0. The van der Waals surface area contributed by atoms with Crippen molar-refractivity contribution in [2.45, 2.75) is 32.3 Å². The molecular formula is C10H16N4O2. The Kier molecular flexibility index (Phi) is 3.51. The predicted molar refractivity (Wildman–Crippen MR) is 57.0 cm³/mol. The molecule has 0 saturated carbocycles. The summed E-state index contributed by atoms with van der Waals surface area (Å²) in [5, 5.41) is 9.20. The molecule has 1 aromatic heterocycles. The molecule has 1 amide bonds. The van der Waals surface area contributed by atoms with E-state index < -0.39 is 0 Å². The molecule has 1 aromatic rings. The average Bonchev–Trinajstić information content (AvgIpc) is 2.89. The molecule has 0 radical (unpaired) electrons. The number of carbonyl (C=O) groups is 1. The molecule has 6 nitrogen and oxygen atoms in total. The van der Waals surface area contributed by atoms with Crippen LogP contribution >= 0.6 is 0 Å². The maximum Gasteiger partial charge on any atom is 0.290 e. The van der Waals surface area contributed by atoms with Gasteiger partial charge in [0.15, 0.2) is 0 Å². The first kappa shape index (κ1) is 11.1. The molecule has 1 aliphatic rings. The number of rotatable bonds is 4. The van der Waals surface area contributed by atoms with Gasteiger partial charge in [0.25, 0.3) is 5.91 Å². The van der Waals surface area contributed by atoms with E-state index in [-0.39, 0.29) is 11.7 Å². The Morgan fingerprint density at radius 2 is 2.56 bits per heavy atom. The summed E-state index contributed by atoms with van der Waals surface area (Å²) in [6.07, 6.45) is 3.37. The Balaban J connectivity index is 1.71. The lowest BCUT2D eigenvalue weighted by atomic mass is 10.2. The standard InChI is InChI=1S/C10H16N4O2/c1-7-12-9(14-13-7)10(15)11-5-4-8-3-2-6-16-8/h8H,2-6H2,1H3,(H,11,15)(H,12,13,14). The predicted octanol–water partition coefficient (Wildman–Crippen LogP) is 0.412. The Labute approximate surface area is 93.8 Å². The number of amides is 1. The van der Waals surface area contributed by atoms with Gasteiger partial charge in [-0.2, -0.15) is 0 Å². The molecule has 0 spiro atoms. The molecule has 1 fully saturated rings. The van der Waals surface area contributed by atoms with Crippen LogP contribution in [0.25, 0.3) is 0 Å². The minimum absolute atomic E-state index is 0.199. The molecule has 0 aromatic carbocycles. The van der Waals surface area contributed by atoms with E-state index >= 15 is 0 Å². The highest BCUT2D eigenvalue weighted by Gasteiger charge is 2.16. The molecule has 1 aliphatic heterocycles. The molecule has 88 valence electrons. The molecule has 16 heavy (non-hydrogen) atoms. The van der Waals surface area contributed by atoms with E-state index in [1.54, 1.807) is 6.92 Å². The lowest BCUT2D eigenvalue weighted by Crippen LogP contribution is -2.27. The largest absolute Gasteiger partial charge is 0.378 e. The lowest BCUT2D eigenvalue weighted by Gasteiger charge is -2.08. The first-order valence-electron chi connectivity index (χ1n) is 5.54. The topological polar surface area (TPSA) is 79.9 Å². The number of aromatic nitrogens is 3. The van der Waals surface area contributed by atoms with Crippen molar-refractivity contribution in [3.63, 3.8) is 0 Å². The number of nitrogens with one attached hydrogen (secondary N) is 2. The van der Waals surface area contributed by atoms with Crippen molar-refractivity contribution in [3.8, 4) is 0 Å². The zero-order valence-corrected chi connectivity index (χ0v) is 9.32. The number of H-pyrrole nitrogens is 1. The second-order valence-corrected chi connectivity index (χ2v) is 3.92. The van der Waals surface area contributed by atoms with Crippen LogP contribution in [-0.4, -0.2) is 40.3 Å². The van der Waals surface area contributed by atoms with E-state index in [4.69, 9.17) is 4.74 Å². The molecule has 6 heteroatoms. The maximum absolute atomic E-state index is 11.5. The van der Waals surface area contributed by atoms with E-state index in [1.807, 2.05) is 0 Å². The Hall–Kier alpha value is -1.43. The van der Waals surface area contributed by atoms with Gasteiger partial charge in [-0.25, -0.2) is 4.98 Å². The van der Waals surface area contributed by atoms with Gasteiger partial charge in [-0.05, 0) is 26.2 Å². The van der Waals surface area contributed by atoms with Crippen LogP contribution < -0.4 is 5.32 Å². The van der Waals surface area contributed by atoms with Crippen LogP contribution in [-0.2, 0) is 4.74 Å². The number of hydrogen-bond acceptors (Lipinski definition) is 4. The smallest absolute Gasteiger partial charge is 0.290 e. The lowest BCUT2D eigenvalue weighted by molar-refractivity contribution is 0.0899. The number of hydrogen-bond donors (Lipinski definition) is 2. The summed E-state index contributed by atoms with van der Waals surface area (Å²) in [5.41, 5.74) is 0. The summed E-state index contributed by atoms with van der Waals surface area (Å²) in [7, 11) is 0. The van der Waals surface area contributed by atoms with Gasteiger partial charge in [0, 0.05) is 13.2 Å². The molecule has 1 saturated heterocycles. The van der Waals surface area contributed by atoms with Gasteiger partial charge in [0.2, 0.25) is 5.82 Å². The van der Waals surface area contributed by atoms with Gasteiger partial charge in [0.05, 0.1) is 6.10 Å². The van der Waals surface area contributed by atoms with E-state index in [0.29, 0.717) is 18.5 Å². The van der Waals surface area contributed by atoms with Crippen LogP contribution in [0.2, 0.25) is 0 Å². The number of aryl methyl sites for hydroxylation is 1. The molecular weight excluding hydrogens is 208 g/mol. The minimum atomic E-state index is -0.234. The third kappa shape index (κ3) is 2.79. The average molecular weight is 224 g/mol. The van der Waals surface area contributed by atoms with E-state index in [9.17, 15) is 4.79 Å². The van der Waals surface area contributed by atoms with Crippen molar-refractivity contribution in [1.82, 2.24) is 20.5 Å². The van der Waals surface area contributed by atoms with Crippen LogP contribution in [0, 0.1) is 6.92 Å².